The van der Waals surface area contributed by atoms with Crippen molar-refractivity contribution in [3.05, 3.63) is 98.8 Å². The van der Waals surface area contributed by atoms with Gasteiger partial charge in [-0.25, -0.2) is 9.78 Å². The summed E-state index contributed by atoms with van der Waals surface area (Å²) in [6.45, 7) is 8.33. The lowest BCUT2D eigenvalue weighted by molar-refractivity contribution is -0.169. The molecule has 2 aliphatic heterocycles. The van der Waals surface area contributed by atoms with Crippen molar-refractivity contribution >= 4 is 39.9 Å². The minimum atomic E-state index is -1.63. The number of carbonyl (C=O) groups is 2. The Labute approximate surface area is 255 Å². The fourth-order valence-electron chi connectivity index (χ4n) is 6.35. The van der Waals surface area contributed by atoms with Crippen molar-refractivity contribution in [2.24, 2.45) is 0 Å². The van der Waals surface area contributed by atoms with Crippen molar-refractivity contribution in [1.29, 1.82) is 0 Å². The van der Waals surface area contributed by atoms with Crippen molar-refractivity contribution in [2.45, 2.75) is 58.9 Å². The SMILES string of the molecule is CCO[C@]1(C(C)=S)C(=O)OCc2c1cc1n(c2=O)Cc2c-1nc1ccccc1c2CCN(C(=O)c1ccccc1)C(C)C. The molecule has 2 aromatic carbocycles. The number of aromatic nitrogens is 2. The van der Waals surface area contributed by atoms with Crippen LogP contribution in [0.5, 0.6) is 0 Å². The van der Waals surface area contributed by atoms with E-state index >= 15 is 0 Å². The van der Waals surface area contributed by atoms with Gasteiger partial charge in [0.1, 0.15) is 6.61 Å². The van der Waals surface area contributed by atoms with Gasteiger partial charge < -0.3 is 18.9 Å². The summed E-state index contributed by atoms with van der Waals surface area (Å²) < 4.78 is 13.2. The molecule has 43 heavy (non-hydrogen) atoms. The lowest BCUT2D eigenvalue weighted by Gasteiger charge is -2.36. The van der Waals surface area contributed by atoms with Crippen molar-refractivity contribution in [3.63, 3.8) is 0 Å². The van der Waals surface area contributed by atoms with E-state index < -0.39 is 11.6 Å². The second-order valence-electron chi connectivity index (χ2n) is 11.2. The van der Waals surface area contributed by atoms with E-state index in [0.29, 0.717) is 47.6 Å². The molecule has 6 rings (SSSR count). The highest BCUT2D eigenvalue weighted by Gasteiger charge is 2.51. The van der Waals surface area contributed by atoms with E-state index in [1.54, 1.807) is 18.4 Å². The number of benzene rings is 2. The van der Waals surface area contributed by atoms with Crippen LogP contribution in [0.3, 0.4) is 0 Å². The number of hydrogen-bond acceptors (Lipinski definition) is 7. The molecule has 0 saturated heterocycles. The van der Waals surface area contributed by atoms with Crippen LogP contribution in [0.25, 0.3) is 22.3 Å². The molecular weight excluding hydrogens is 562 g/mol. The second-order valence-corrected chi connectivity index (χ2v) is 11.8. The lowest BCUT2D eigenvalue weighted by atomic mass is 9.85. The Bertz CT molecular complexity index is 1850. The third-order valence-corrected chi connectivity index (χ3v) is 8.74. The average molecular weight is 596 g/mol. The maximum atomic E-state index is 14.0. The first kappa shape index (κ1) is 28.9. The Morgan fingerprint density at radius 1 is 1.12 bits per heavy atom. The molecular formula is C34H33N3O5S. The van der Waals surface area contributed by atoms with Crippen LogP contribution in [-0.2, 0) is 39.4 Å². The van der Waals surface area contributed by atoms with E-state index in [1.165, 1.54) is 0 Å². The summed E-state index contributed by atoms with van der Waals surface area (Å²) in [6, 6.07) is 19.0. The largest absolute Gasteiger partial charge is 0.458 e. The van der Waals surface area contributed by atoms with E-state index in [-0.39, 0.29) is 35.6 Å². The highest BCUT2D eigenvalue weighted by atomic mass is 32.1. The molecule has 0 bridgehead atoms. The third-order valence-electron chi connectivity index (χ3n) is 8.45. The first-order valence-corrected chi connectivity index (χ1v) is 15.0. The number of thiocarbonyl (C=S) groups is 1. The van der Waals surface area contributed by atoms with Crippen LogP contribution >= 0.6 is 12.2 Å². The van der Waals surface area contributed by atoms with Gasteiger partial charge in [0.05, 0.1) is 29.0 Å². The Kier molecular flexibility index (Phi) is 7.48. The van der Waals surface area contributed by atoms with Gasteiger partial charge in [-0.05, 0) is 63.9 Å². The van der Waals surface area contributed by atoms with Crippen LogP contribution in [0.1, 0.15) is 60.3 Å². The molecule has 2 aliphatic rings. The number of nitrogens with zero attached hydrogens (tertiary/aromatic N) is 3. The quantitative estimate of drug-likeness (QED) is 0.180. The summed E-state index contributed by atoms with van der Waals surface area (Å²) in [4.78, 5) is 47.8. The number of cyclic esters (lactones) is 1. The number of ether oxygens (including phenoxy) is 2. The van der Waals surface area contributed by atoms with Gasteiger partial charge in [0.2, 0.25) is 5.60 Å². The second kappa shape index (κ2) is 11.1. The molecule has 0 saturated carbocycles. The Hall–Kier alpha value is -4.21. The van der Waals surface area contributed by atoms with E-state index in [2.05, 4.69) is 0 Å². The van der Waals surface area contributed by atoms with E-state index in [4.69, 9.17) is 26.7 Å². The highest BCUT2D eigenvalue weighted by Crippen LogP contribution is 2.41. The van der Waals surface area contributed by atoms with Crippen LogP contribution in [-0.4, -0.2) is 50.4 Å². The number of amides is 1. The van der Waals surface area contributed by atoms with Gasteiger partial charge in [-0.3, -0.25) is 9.59 Å². The van der Waals surface area contributed by atoms with Gasteiger partial charge in [0.25, 0.3) is 11.5 Å². The third kappa shape index (κ3) is 4.58. The molecule has 0 aliphatic carbocycles. The first-order valence-electron chi connectivity index (χ1n) is 14.5. The van der Waals surface area contributed by atoms with Gasteiger partial charge in [0.15, 0.2) is 0 Å². The van der Waals surface area contributed by atoms with Crippen LogP contribution in [0.4, 0.5) is 0 Å². The van der Waals surface area contributed by atoms with E-state index in [1.807, 2.05) is 79.4 Å². The molecule has 1 amide bonds. The van der Waals surface area contributed by atoms with Crippen molar-refractivity contribution in [1.82, 2.24) is 14.5 Å². The topological polar surface area (TPSA) is 90.7 Å². The number of para-hydroxylation sites is 1. The minimum Gasteiger partial charge on any atom is -0.458 e. The van der Waals surface area contributed by atoms with Gasteiger partial charge >= 0.3 is 5.97 Å². The average Bonchev–Trinajstić information content (AvgIpc) is 3.37. The molecule has 0 unspecified atom stereocenters. The highest BCUT2D eigenvalue weighted by molar-refractivity contribution is 7.80. The Morgan fingerprint density at radius 3 is 2.53 bits per heavy atom. The molecule has 0 fully saturated rings. The van der Waals surface area contributed by atoms with Crippen LogP contribution < -0.4 is 5.56 Å². The monoisotopic (exact) mass is 595 g/mol. The molecule has 4 heterocycles. The predicted molar refractivity (Wildman–Crippen MR) is 168 cm³/mol. The lowest BCUT2D eigenvalue weighted by Crippen LogP contribution is -2.50. The number of rotatable bonds is 8. The molecule has 220 valence electrons. The molecule has 9 heteroatoms. The van der Waals surface area contributed by atoms with Crippen molar-refractivity contribution in [3.8, 4) is 11.4 Å². The molecule has 4 aromatic rings. The van der Waals surface area contributed by atoms with Crippen LogP contribution in [0.15, 0.2) is 65.5 Å². The molecule has 8 nitrogen and oxygen atoms in total. The fourth-order valence-corrected chi connectivity index (χ4v) is 6.60. The summed E-state index contributed by atoms with van der Waals surface area (Å²) in [5.74, 6) is -0.633. The zero-order valence-corrected chi connectivity index (χ0v) is 25.5. The number of pyridine rings is 2. The zero-order chi connectivity index (χ0) is 30.5. The normalized spacial score (nSPS) is 16.9. The molecule has 0 spiro atoms. The molecule has 0 radical (unpaired) electrons. The molecule has 2 aromatic heterocycles. The van der Waals surface area contributed by atoms with Crippen LogP contribution in [0.2, 0.25) is 0 Å². The van der Waals surface area contributed by atoms with Crippen LogP contribution in [0, 0.1) is 0 Å². The standard InChI is InChI=1S/C34H33N3O5S/c1-5-42-34(21(4)43)27-17-29-30-25(18-37(29)32(39)26(27)19-41-33(34)40)23(24-13-9-10-14-28(24)35-30)15-16-36(20(2)3)31(38)22-11-7-6-8-12-22/h6-14,17,20H,5,15-16,18-19H2,1-4H3/t34-/m0/s1. The van der Waals surface area contributed by atoms with Gasteiger partial charge in [-0.15, -0.1) is 0 Å². The fraction of sp³-hybridized carbons (Fsp3) is 0.324. The Balaban J connectivity index is 1.48. The first-order chi connectivity index (χ1) is 20.7. The summed E-state index contributed by atoms with van der Waals surface area (Å²) in [6.07, 6.45) is 0.577. The summed E-state index contributed by atoms with van der Waals surface area (Å²) >= 11 is 5.53. The number of fused-ring (bicyclic) bond motifs is 5. The maximum absolute atomic E-state index is 14.0. The van der Waals surface area contributed by atoms with Gasteiger partial charge in [-0.2, -0.15) is 0 Å². The number of hydrogen-bond donors (Lipinski definition) is 0. The van der Waals surface area contributed by atoms with Crippen molar-refractivity contribution in [2.75, 3.05) is 13.2 Å². The predicted octanol–water partition coefficient (Wildman–Crippen LogP) is 5.20. The Morgan fingerprint density at radius 2 is 1.84 bits per heavy atom. The summed E-state index contributed by atoms with van der Waals surface area (Å²) in [5.41, 5.74) is 3.62. The van der Waals surface area contributed by atoms with Crippen molar-refractivity contribution < 1.29 is 19.1 Å². The molecule has 0 N–H and O–H groups in total. The maximum Gasteiger partial charge on any atom is 0.348 e. The van der Waals surface area contributed by atoms with Gasteiger partial charge in [0, 0.05) is 46.1 Å². The summed E-state index contributed by atoms with van der Waals surface area (Å²) in [7, 11) is 0. The minimum absolute atomic E-state index is 0.0116. The van der Waals surface area contributed by atoms with Gasteiger partial charge in [-0.1, -0.05) is 48.6 Å². The summed E-state index contributed by atoms with van der Waals surface area (Å²) in [5, 5.41) is 0.986. The zero-order valence-electron chi connectivity index (χ0n) is 24.7. The number of esters is 1. The molecule has 1 atom stereocenters. The number of carbonyl (C=O) groups excluding carboxylic acids is 2. The smallest absolute Gasteiger partial charge is 0.348 e. The van der Waals surface area contributed by atoms with E-state index in [0.717, 1.165) is 22.0 Å². The van der Waals surface area contributed by atoms with E-state index in [9.17, 15) is 14.4 Å².